The fourth-order valence-electron chi connectivity index (χ4n) is 3.49. The average molecular weight is 382 g/mol. The van der Waals surface area contributed by atoms with Crippen molar-refractivity contribution in [2.75, 3.05) is 5.32 Å². The van der Waals surface area contributed by atoms with Crippen molar-refractivity contribution in [2.24, 2.45) is 11.3 Å². The van der Waals surface area contributed by atoms with Gasteiger partial charge in [0, 0.05) is 4.88 Å². The zero-order chi connectivity index (χ0) is 19.0. The molecule has 140 valence electrons. The third kappa shape index (κ3) is 3.78. The number of thiophene rings is 1. The van der Waals surface area contributed by atoms with Crippen molar-refractivity contribution in [1.29, 1.82) is 0 Å². The Balaban J connectivity index is 1.46. The number of hydrogen-bond donors (Lipinski definition) is 1. The van der Waals surface area contributed by atoms with Gasteiger partial charge < -0.3 is 5.32 Å². The van der Waals surface area contributed by atoms with Crippen molar-refractivity contribution in [3.8, 4) is 5.82 Å². The van der Waals surface area contributed by atoms with Gasteiger partial charge in [-0.2, -0.15) is 5.10 Å². The minimum Gasteiger partial charge on any atom is -0.320 e. The van der Waals surface area contributed by atoms with Gasteiger partial charge >= 0.3 is 0 Å². The number of aromatic nitrogens is 4. The van der Waals surface area contributed by atoms with Crippen LogP contribution in [-0.4, -0.2) is 25.7 Å². The summed E-state index contributed by atoms with van der Waals surface area (Å²) in [6.07, 6.45) is 8.02. The van der Waals surface area contributed by atoms with E-state index >= 15 is 0 Å². The fourth-order valence-corrected chi connectivity index (χ4v) is 4.59. The van der Waals surface area contributed by atoms with Crippen LogP contribution < -0.4 is 5.32 Å². The van der Waals surface area contributed by atoms with Crippen molar-refractivity contribution in [2.45, 2.75) is 40.0 Å². The summed E-state index contributed by atoms with van der Waals surface area (Å²) in [7, 11) is 0. The van der Waals surface area contributed by atoms with Crippen molar-refractivity contribution in [1.82, 2.24) is 19.7 Å². The van der Waals surface area contributed by atoms with Crippen LogP contribution in [0.2, 0.25) is 0 Å². The molecule has 0 aromatic carbocycles. The quantitative estimate of drug-likeness (QED) is 0.740. The molecule has 0 saturated carbocycles. The molecule has 3 heterocycles. The summed E-state index contributed by atoms with van der Waals surface area (Å²) in [5.74, 6) is 1.26. The Bertz CT molecular complexity index is 938. The van der Waals surface area contributed by atoms with Gasteiger partial charge in [0.2, 0.25) is 0 Å². The van der Waals surface area contributed by atoms with Crippen LogP contribution in [0.5, 0.6) is 0 Å². The molecule has 0 saturated heterocycles. The number of nitrogens with zero attached hydrogens (tertiary/aromatic N) is 4. The van der Waals surface area contributed by atoms with Gasteiger partial charge in [0.15, 0.2) is 5.82 Å². The molecule has 1 N–H and O–H groups in total. The lowest BCUT2D eigenvalue weighted by molar-refractivity contribution is 0.103. The minimum absolute atomic E-state index is 0.0722. The van der Waals surface area contributed by atoms with E-state index < -0.39 is 0 Å². The van der Waals surface area contributed by atoms with E-state index in [0.717, 1.165) is 17.7 Å². The Morgan fingerprint density at radius 2 is 2.19 bits per heavy atom. The van der Waals surface area contributed by atoms with E-state index in [-0.39, 0.29) is 5.91 Å². The lowest BCUT2D eigenvalue weighted by Crippen LogP contribution is -2.26. The first-order chi connectivity index (χ1) is 12.9. The van der Waals surface area contributed by atoms with E-state index in [1.165, 1.54) is 23.2 Å². The highest BCUT2D eigenvalue weighted by molar-refractivity contribution is 7.14. The Morgan fingerprint density at radius 3 is 2.85 bits per heavy atom. The minimum atomic E-state index is -0.0722. The highest BCUT2D eigenvalue weighted by atomic mass is 32.1. The second-order valence-electron chi connectivity index (χ2n) is 8.06. The number of fused-ring (bicyclic) bond motifs is 1. The number of pyridine rings is 1. The van der Waals surface area contributed by atoms with Crippen molar-refractivity contribution < 1.29 is 4.79 Å². The predicted molar refractivity (Wildman–Crippen MR) is 106 cm³/mol. The number of carbonyl (C=O) groups excluding carboxylic acids is 1. The van der Waals surface area contributed by atoms with Crippen LogP contribution in [0.1, 0.15) is 47.3 Å². The molecule has 4 rings (SSSR count). The first-order valence-electron chi connectivity index (χ1n) is 9.14. The molecule has 1 atom stereocenters. The highest BCUT2D eigenvalue weighted by Crippen LogP contribution is 2.40. The standard InChI is InChI=1S/C20H23N5OS/c1-20(2,3)14-4-6-16-13(8-14)9-17(27-16)19(26)24-15-5-7-18(22-10-15)25-12-21-11-23-25/h5,7,9-12,14H,4,6,8H2,1-3H3,(H,24,26)/t14-/m1/s1. The van der Waals surface area contributed by atoms with Crippen LogP contribution in [0.15, 0.2) is 37.1 Å². The molecule has 0 bridgehead atoms. The van der Waals surface area contributed by atoms with Crippen molar-refractivity contribution in [3.05, 3.63) is 52.4 Å². The summed E-state index contributed by atoms with van der Waals surface area (Å²) < 4.78 is 1.57. The lowest BCUT2D eigenvalue weighted by atomic mass is 9.72. The van der Waals surface area contributed by atoms with Gasteiger partial charge in [-0.15, -0.1) is 11.3 Å². The zero-order valence-corrected chi connectivity index (χ0v) is 16.6. The van der Waals surface area contributed by atoms with Gasteiger partial charge in [0.1, 0.15) is 12.7 Å². The molecular formula is C20H23N5OS. The molecule has 0 spiro atoms. The van der Waals surface area contributed by atoms with Gasteiger partial charge in [-0.05, 0) is 54.4 Å². The molecular weight excluding hydrogens is 358 g/mol. The van der Waals surface area contributed by atoms with Gasteiger partial charge in [-0.1, -0.05) is 20.8 Å². The lowest BCUT2D eigenvalue weighted by Gasteiger charge is -2.33. The normalized spacial score (nSPS) is 16.8. The maximum Gasteiger partial charge on any atom is 0.265 e. The Hall–Kier alpha value is -2.54. The first-order valence-corrected chi connectivity index (χ1v) is 9.96. The van der Waals surface area contributed by atoms with E-state index in [2.05, 4.69) is 47.2 Å². The maximum atomic E-state index is 12.7. The number of carbonyl (C=O) groups is 1. The molecule has 3 aromatic rings. The van der Waals surface area contributed by atoms with E-state index in [0.29, 0.717) is 22.8 Å². The number of hydrogen-bond acceptors (Lipinski definition) is 5. The van der Waals surface area contributed by atoms with Crippen molar-refractivity contribution in [3.63, 3.8) is 0 Å². The topological polar surface area (TPSA) is 72.7 Å². The number of anilines is 1. The van der Waals surface area contributed by atoms with Gasteiger partial charge in [0.05, 0.1) is 16.8 Å². The zero-order valence-electron chi connectivity index (χ0n) is 15.8. The summed E-state index contributed by atoms with van der Waals surface area (Å²) in [5.41, 5.74) is 2.32. The van der Waals surface area contributed by atoms with Crippen molar-refractivity contribution >= 4 is 22.9 Å². The van der Waals surface area contributed by atoms with E-state index in [9.17, 15) is 4.79 Å². The number of nitrogens with one attached hydrogen (secondary N) is 1. The molecule has 1 aliphatic carbocycles. The van der Waals surface area contributed by atoms with Gasteiger partial charge in [0.25, 0.3) is 5.91 Å². The largest absolute Gasteiger partial charge is 0.320 e. The van der Waals surface area contributed by atoms with E-state index in [4.69, 9.17) is 0 Å². The number of amides is 1. The maximum absolute atomic E-state index is 12.7. The predicted octanol–water partition coefficient (Wildman–Crippen LogP) is 4.13. The van der Waals surface area contributed by atoms with Crippen LogP contribution in [0.3, 0.4) is 0 Å². The molecule has 0 radical (unpaired) electrons. The van der Waals surface area contributed by atoms with Crippen LogP contribution in [0.25, 0.3) is 5.82 Å². The molecule has 1 amide bonds. The second kappa shape index (κ2) is 6.88. The van der Waals surface area contributed by atoms with Gasteiger partial charge in [-0.25, -0.2) is 14.6 Å². The molecule has 7 heteroatoms. The molecule has 6 nitrogen and oxygen atoms in total. The summed E-state index contributed by atoms with van der Waals surface area (Å²) in [5, 5.41) is 6.99. The van der Waals surface area contributed by atoms with E-state index in [1.54, 1.807) is 34.6 Å². The van der Waals surface area contributed by atoms with E-state index in [1.807, 2.05) is 6.07 Å². The van der Waals surface area contributed by atoms with Crippen LogP contribution in [0, 0.1) is 11.3 Å². The molecule has 27 heavy (non-hydrogen) atoms. The highest BCUT2D eigenvalue weighted by Gasteiger charge is 2.30. The fraction of sp³-hybridized carbons (Fsp3) is 0.400. The molecule has 3 aromatic heterocycles. The number of rotatable bonds is 3. The number of aryl methyl sites for hydroxylation is 1. The molecule has 1 aliphatic rings. The Kier molecular flexibility index (Phi) is 4.55. The Labute approximate surface area is 162 Å². The third-order valence-electron chi connectivity index (χ3n) is 5.19. The van der Waals surface area contributed by atoms with Crippen LogP contribution in [-0.2, 0) is 12.8 Å². The summed E-state index contributed by atoms with van der Waals surface area (Å²) in [6.45, 7) is 6.91. The second-order valence-corrected chi connectivity index (χ2v) is 9.20. The molecule has 0 unspecified atom stereocenters. The SMILES string of the molecule is CC(C)(C)[C@@H]1CCc2sc(C(=O)Nc3ccc(-n4cncn4)nc3)cc2C1. The summed E-state index contributed by atoms with van der Waals surface area (Å²) in [4.78, 5) is 23.0. The first kappa shape index (κ1) is 17.9. The summed E-state index contributed by atoms with van der Waals surface area (Å²) >= 11 is 1.62. The Morgan fingerprint density at radius 1 is 1.33 bits per heavy atom. The monoisotopic (exact) mass is 381 g/mol. The smallest absolute Gasteiger partial charge is 0.265 e. The average Bonchev–Trinajstić information content (AvgIpc) is 3.30. The van der Waals surface area contributed by atoms with Crippen LogP contribution >= 0.6 is 11.3 Å². The van der Waals surface area contributed by atoms with Crippen LogP contribution in [0.4, 0.5) is 5.69 Å². The third-order valence-corrected chi connectivity index (χ3v) is 6.43. The van der Waals surface area contributed by atoms with Gasteiger partial charge in [-0.3, -0.25) is 4.79 Å². The molecule has 0 fully saturated rings. The summed E-state index contributed by atoms with van der Waals surface area (Å²) in [6, 6.07) is 5.70. The molecule has 0 aliphatic heterocycles.